The van der Waals surface area contributed by atoms with Gasteiger partial charge < -0.3 is 9.88 Å². The van der Waals surface area contributed by atoms with Crippen LogP contribution in [0, 0.1) is 13.1 Å². The van der Waals surface area contributed by atoms with Crippen LogP contribution in [0.2, 0.25) is 0 Å². The smallest absolute Gasteiger partial charge is 0.221 e. The zero-order valence-corrected chi connectivity index (χ0v) is 8.71. The average molecular weight is 194 g/mol. The van der Waals surface area contributed by atoms with Gasteiger partial charge in [-0.05, 0) is 13.3 Å². The van der Waals surface area contributed by atoms with Gasteiger partial charge in [-0.1, -0.05) is 6.92 Å². The molecule has 4 heteroatoms. The maximum Gasteiger partial charge on any atom is 0.221 e. The topological polar surface area (TPSA) is 46.9 Å². The predicted octanol–water partition coefficient (Wildman–Crippen LogP) is 0.908. The average Bonchev–Trinajstić information content (AvgIpc) is 2.58. The second-order valence-electron chi connectivity index (χ2n) is 3.21. The molecule has 0 spiro atoms. The quantitative estimate of drug-likeness (QED) is 0.757. The number of aryl methyl sites for hydroxylation is 2. The van der Waals surface area contributed by atoms with Crippen molar-refractivity contribution in [1.82, 2.24) is 14.9 Å². The first-order valence-corrected chi connectivity index (χ1v) is 4.90. The molecule has 1 amide bonds. The summed E-state index contributed by atoms with van der Waals surface area (Å²) in [5.41, 5.74) is 0. The number of carbonyl (C=O) groups excluding carboxylic acids is 1. The summed E-state index contributed by atoms with van der Waals surface area (Å²) in [6, 6.07) is 0. The fourth-order valence-corrected chi connectivity index (χ4v) is 1.15. The van der Waals surface area contributed by atoms with E-state index >= 15 is 0 Å². The van der Waals surface area contributed by atoms with Crippen LogP contribution in [0.25, 0.3) is 0 Å². The van der Waals surface area contributed by atoms with Gasteiger partial charge >= 0.3 is 0 Å². The molecule has 1 N–H and O–H groups in total. The number of hydrogen-bond acceptors (Lipinski definition) is 2. The predicted molar refractivity (Wildman–Crippen MR) is 53.7 cm³/mol. The molecular weight excluding hydrogens is 178 g/mol. The van der Waals surface area contributed by atoms with Gasteiger partial charge in [0.15, 0.2) is 0 Å². The van der Waals surface area contributed by atoms with Crippen LogP contribution in [-0.2, 0) is 11.3 Å². The minimum atomic E-state index is 0.0972. The molecule has 0 saturated heterocycles. The molecule has 0 aliphatic rings. The van der Waals surface area contributed by atoms with Gasteiger partial charge in [-0.3, -0.25) is 4.79 Å². The van der Waals surface area contributed by atoms with Crippen molar-refractivity contribution in [3.8, 4) is 0 Å². The van der Waals surface area contributed by atoms with Gasteiger partial charge in [0.2, 0.25) is 5.91 Å². The zero-order valence-electron chi connectivity index (χ0n) is 8.71. The van der Waals surface area contributed by atoms with Crippen molar-refractivity contribution in [1.29, 1.82) is 0 Å². The van der Waals surface area contributed by atoms with E-state index in [4.69, 9.17) is 0 Å². The van der Waals surface area contributed by atoms with E-state index in [1.807, 2.05) is 18.4 Å². The van der Waals surface area contributed by atoms with Crippen LogP contribution in [0.15, 0.2) is 6.20 Å². The van der Waals surface area contributed by atoms with E-state index in [0.29, 0.717) is 13.0 Å². The van der Waals surface area contributed by atoms with Crippen LogP contribution >= 0.6 is 0 Å². The Morgan fingerprint density at radius 1 is 1.71 bits per heavy atom. The van der Waals surface area contributed by atoms with Crippen molar-refractivity contribution in [2.24, 2.45) is 0 Å². The normalized spacial score (nSPS) is 10.1. The number of aromatic nitrogens is 2. The summed E-state index contributed by atoms with van der Waals surface area (Å²) in [7, 11) is 0. The van der Waals surface area contributed by atoms with Crippen molar-refractivity contribution >= 4 is 5.91 Å². The Morgan fingerprint density at radius 2 is 2.50 bits per heavy atom. The molecule has 1 heterocycles. The molecule has 0 bridgehead atoms. The van der Waals surface area contributed by atoms with E-state index in [2.05, 4.69) is 16.5 Å². The van der Waals surface area contributed by atoms with Crippen LogP contribution in [0.5, 0.6) is 0 Å². The number of carbonyl (C=O) groups is 1. The Bertz CT molecular complexity index is 293. The van der Waals surface area contributed by atoms with Gasteiger partial charge in [-0.15, -0.1) is 0 Å². The lowest BCUT2D eigenvalue weighted by atomic mass is 10.3. The summed E-state index contributed by atoms with van der Waals surface area (Å²) in [6.07, 6.45) is 5.99. The maximum absolute atomic E-state index is 11.3. The van der Waals surface area contributed by atoms with E-state index in [9.17, 15) is 4.79 Å². The van der Waals surface area contributed by atoms with E-state index in [1.54, 1.807) is 6.20 Å². The lowest BCUT2D eigenvalue weighted by molar-refractivity contribution is -0.121. The van der Waals surface area contributed by atoms with Crippen LogP contribution < -0.4 is 5.32 Å². The summed E-state index contributed by atoms with van der Waals surface area (Å²) in [4.78, 5) is 15.2. The molecular formula is C10H16N3O. The molecule has 14 heavy (non-hydrogen) atoms. The third kappa shape index (κ3) is 3.20. The third-order valence-electron chi connectivity index (χ3n) is 2.01. The van der Waals surface area contributed by atoms with Crippen molar-refractivity contribution in [3.05, 3.63) is 18.2 Å². The number of hydrogen-bond donors (Lipinski definition) is 1. The lowest BCUT2D eigenvalue weighted by Gasteiger charge is -2.05. The highest BCUT2D eigenvalue weighted by atomic mass is 16.1. The Kier molecular flexibility index (Phi) is 4.16. The highest BCUT2D eigenvalue weighted by Crippen LogP contribution is 1.96. The van der Waals surface area contributed by atoms with Crippen molar-refractivity contribution < 1.29 is 4.79 Å². The summed E-state index contributed by atoms with van der Waals surface area (Å²) in [5.74, 6) is 0.994. The van der Waals surface area contributed by atoms with Gasteiger partial charge in [0.05, 0.1) is 0 Å². The van der Waals surface area contributed by atoms with Crippen molar-refractivity contribution in [3.63, 3.8) is 0 Å². The van der Waals surface area contributed by atoms with Crippen LogP contribution in [-0.4, -0.2) is 22.0 Å². The Balaban J connectivity index is 2.27. The Labute approximate surface area is 84.3 Å². The highest BCUT2D eigenvalue weighted by Gasteiger charge is 2.02. The molecule has 0 atom stereocenters. The summed E-state index contributed by atoms with van der Waals surface area (Å²) < 4.78 is 1.92. The van der Waals surface area contributed by atoms with E-state index in [1.165, 1.54) is 0 Å². The monoisotopic (exact) mass is 194 g/mol. The van der Waals surface area contributed by atoms with Gasteiger partial charge in [0, 0.05) is 25.7 Å². The number of rotatable bonds is 5. The van der Waals surface area contributed by atoms with E-state index in [0.717, 1.165) is 18.8 Å². The molecule has 1 radical (unpaired) electrons. The zero-order chi connectivity index (χ0) is 10.4. The molecule has 0 aliphatic heterocycles. The Morgan fingerprint density at radius 3 is 3.07 bits per heavy atom. The standard InChI is InChI=1S/C10H16N3O/c1-3-5-12-10(14)4-7-13-8-6-11-9(13)2/h8H,3-5,7H2,1-2H3,(H,12,14). The Hall–Kier alpha value is -1.32. The molecule has 0 aliphatic carbocycles. The number of nitrogens with zero attached hydrogens (tertiary/aromatic N) is 2. The molecule has 0 saturated carbocycles. The van der Waals surface area contributed by atoms with Crippen LogP contribution in [0.4, 0.5) is 0 Å². The first-order chi connectivity index (χ1) is 6.74. The number of amides is 1. The summed E-state index contributed by atoms with van der Waals surface area (Å²) in [5, 5.41) is 2.83. The molecule has 1 aromatic heterocycles. The van der Waals surface area contributed by atoms with Gasteiger partial charge in [-0.2, -0.15) is 0 Å². The van der Waals surface area contributed by atoms with Crippen molar-refractivity contribution in [2.75, 3.05) is 6.54 Å². The number of nitrogens with one attached hydrogen (secondary N) is 1. The molecule has 77 valence electrons. The van der Waals surface area contributed by atoms with E-state index in [-0.39, 0.29) is 5.91 Å². The van der Waals surface area contributed by atoms with Crippen LogP contribution in [0.3, 0.4) is 0 Å². The summed E-state index contributed by atoms with van der Waals surface area (Å²) in [6.45, 7) is 5.38. The molecule has 1 rings (SSSR count). The lowest BCUT2D eigenvalue weighted by Crippen LogP contribution is -2.25. The maximum atomic E-state index is 11.3. The second kappa shape index (κ2) is 5.42. The SMILES string of the molecule is CCCNC(=O)CCn1c[c]nc1C. The first-order valence-electron chi connectivity index (χ1n) is 4.90. The third-order valence-corrected chi connectivity index (χ3v) is 2.01. The highest BCUT2D eigenvalue weighted by molar-refractivity contribution is 5.75. The fraction of sp³-hybridized carbons (Fsp3) is 0.600. The van der Waals surface area contributed by atoms with Gasteiger partial charge in [-0.25, -0.2) is 4.98 Å². The van der Waals surface area contributed by atoms with Gasteiger partial charge in [0.25, 0.3) is 0 Å². The molecule has 0 fully saturated rings. The summed E-state index contributed by atoms with van der Waals surface area (Å²) >= 11 is 0. The minimum Gasteiger partial charge on any atom is -0.356 e. The van der Waals surface area contributed by atoms with Crippen LogP contribution in [0.1, 0.15) is 25.6 Å². The molecule has 0 unspecified atom stereocenters. The second-order valence-corrected chi connectivity index (χ2v) is 3.21. The molecule has 1 aromatic rings. The van der Waals surface area contributed by atoms with Gasteiger partial charge in [0.1, 0.15) is 12.0 Å². The minimum absolute atomic E-state index is 0.0972. The van der Waals surface area contributed by atoms with Crippen molar-refractivity contribution in [2.45, 2.75) is 33.2 Å². The molecule has 0 aromatic carbocycles. The molecule has 4 nitrogen and oxygen atoms in total. The number of imidazole rings is 1. The first kappa shape index (κ1) is 10.8. The largest absolute Gasteiger partial charge is 0.356 e. The van der Waals surface area contributed by atoms with E-state index < -0.39 is 0 Å². The fourth-order valence-electron chi connectivity index (χ4n) is 1.15.